The molecular weight excluding hydrogens is 436 g/mol. The summed E-state index contributed by atoms with van der Waals surface area (Å²) in [6, 6.07) is 14.1. The number of aromatic nitrogens is 1. The minimum absolute atomic E-state index is 0.201. The van der Waals surface area contributed by atoms with Crippen LogP contribution in [-0.2, 0) is 27.3 Å². The third-order valence-electron chi connectivity index (χ3n) is 4.98. The van der Waals surface area contributed by atoms with E-state index in [1.807, 2.05) is 48.5 Å². The van der Waals surface area contributed by atoms with Gasteiger partial charge in [-0.15, -0.1) is 0 Å². The molecule has 1 heterocycles. The number of esters is 1. The normalized spacial score (nSPS) is 12.0. The van der Waals surface area contributed by atoms with Gasteiger partial charge in [0.25, 0.3) is 0 Å². The Morgan fingerprint density at radius 1 is 1.03 bits per heavy atom. The Bertz CT molecular complexity index is 1140. The van der Waals surface area contributed by atoms with Gasteiger partial charge >= 0.3 is 12.1 Å². The SMILES string of the molecule is COC(=O)[C@H](Cc1ccc(OCc2ccc(OC)cc2)c2ncccc12)NC(=O)OC(C)(C)C. The molecule has 34 heavy (non-hydrogen) atoms. The monoisotopic (exact) mass is 466 g/mol. The van der Waals surface area contributed by atoms with E-state index in [2.05, 4.69) is 10.3 Å². The molecule has 0 spiro atoms. The molecule has 8 nitrogen and oxygen atoms in total. The number of carbonyl (C=O) groups excluding carboxylic acids is 2. The van der Waals surface area contributed by atoms with E-state index >= 15 is 0 Å². The standard InChI is InChI=1S/C26H30N2O6/c1-26(2,3)34-25(30)28-21(24(29)32-5)15-18-10-13-22(23-20(18)7-6-14-27-23)33-16-17-8-11-19(31-4)12-9-17/h6-14,21H,15-16H2,1-5H3,(H,28,30)/t21-/m0/s1. The lowest BCUT2D eigenvalue weighted by atomic mass is 10.0. The van der Waals surface area contributed by atoms with Crippen LogP contribution in [0, 0.1) is 0 Å². The van der Waals surface area contributed by atoms with Gasteiger partial charge in [0.15, 0.2) is 0 Å². The van der Waals surface area contributed by atoms with Crippen LogP contribution in [0.5, 0.6) is 11.5 Å². The highest BCUT2D eigenvalue weighted by molar-refractivity contribution is 5.89. The van der Waals surface area contributed by atoms with Crippen LogP contribution in [0.4, 0.5) is 4.79 Å². The Balaban J connectivity index is 1.81. The van der Waals surface area contributed by atoms with Gasteiger partial charge < -0.3 is 24.3 Å². The minimum atomic E-state index is -0.922. The van der Waals surface area contributed by atoms with Crippen LogP contribution in [0.3, 0.4) is 0 Å². The van der Waals surface area contributed by atoms with Crippen molar-refractivity contribution in [1.82, 2.24) is 10.3 Å². The smallest absolute Gasteiger partial charge is 0.408 e. The maximum Gasteiger partial charge on any atom is 0.408 e. The maximum atomic E-state index is 12.4. The molecule has 1 aromatic heterocycles. The molecule has 3 aromatic rings. The van der Waals surface area contributed by atoms with Gasteiger partial charge in [0, 0.05) is 18.0 Å². The fourth-order valence-electron chi connectivity index (χ4n) is 3.39. The molecule has 0 aliphatic rings. The molecule has 0 radical (unpaired) electrons. The average Bonchev–Trinajstić information content (AvgIpc) is 2.81. The first-order valence-electron chi connectivity index (χ1n) is 10.9. The quantitative estimate of drug-likeness (QED) is 0.491. The Kier molecular flexibility index (Phi) is 7.94. The van der Waals surface area contributed by atoms with Crippen molar-refractivity contribution in [3.63, 3.8) is 0 Å². The number of benzene rings is 2. The van der Waals surface area contributed by atoms with Crippen molar-refractivity contribution in [3.05, 3.63) is 65.9 Å². The molecule has 0 aliphatic heterocycles. The average molecular weight is 467 g/mol. The second kappa shape index (κ2) is 10.9. The Morgan fingerprint density at radius 2 is 1.76 bits per heavy atom. The van der Waals surface area contributed by atoms with Crippen molar-refractivity contribution in [2.24, 2.45) is 0 Å². The topological polar surface area (TPSA) is 96.0 Å². The van der Waals surface area contributed by atoms with E-state index in [0.29, 0.717) is 17.9 Å². The zero-order chi connectivity index (χ0) is 24.7. The van der Waals surface area contributed by atoms with Gasteiger partial charge in [0.05, 0.1) is 14.2 Å². The summed E-state index contributed by atoms with van der Waals surface area (Å²) in [6.45, 7) is 5.62. The van der Waals surface area contributed by atoms with E-state index in [9.17, 15) is 9.59 Å². The molecule has 0 saturated heterocycles. The molecule has 0 bridgehead atoms. The second-order valence-electron chi connectivity index (χ2n) is 8.69. The second-order valence-corrected chi connectivity index (χ2v) is 8.69. The molecule has 8 heteroatoms. The van der Waals surface area contributed by atoms with Crippen molar-refractivity contribution >= 4 is 23.0 Å². The number of nitrogens with zero attached hydrogens (tertiary/aromatic N) is 1. The highest BCUT2D eigenvalue weighted by Crippen LogP contribution is 2.28. The minimum Gasteiger partial charge on any atom is -0.497 e. The largest absolute Gasteiger partial charge is 0.497 e. The number of pyridine rings is 1. The molecule has 0 unspecified atom stereocenters. The number of carbonyl (C=O) groups is 2. The summed E-state index contributed by atoms with van der Waals surface area (Å²) < 4.78 is 21.4. The number of ether oxygens (including phenoxy) is 4. The number of hydrogen-bond acceptors (Lipinski definition) is 7. The van der Waals surface area contributed by atoms with Crippen molar-refractivity contribution in [1.29, 1.82) is 0 Å². The van der Waals surface area contributed by atoms with E-state index in [-0.39, 0.29) is 6.42 Å². The van der Waals surface area contributed by atoms with Crippen molar-refractivity contribution < 1.29 is 28.5 Å². The van der Waals surface area contributed by atoms with Gasteiger partial charge in [-0.25, -0.2) is 9.59 Å². The Morgan fingerprint density at radius 3 is 2.41 bits per heavy atom. The molecule has 1 atom stereocenters. The lowest BCUT2D eigenvalue weighted by molar-refractivity contribution is -0.143. The van der Waals surface area contributed by atoms with Gasteiger partial charge in [0.2, 0.25) is 0 Å². The fourth-order valence-corrected chi connectivity index (χ4v) is 3.39. The van der Waals surface area contributed by atoms with Gasteiger partial charge in [-0.2, -0.15) is 0 Å². The summed E-state index contributed by atoms with van der Waals surface area (Å²) in [5.41, 5.74) is 1.77. The van der Waals surface area contributed by atoms with Crippen LogP contribution < -0.4 is 14.8 Å². The van der Waals surface area contributed by atoms with E-state index in [0.717, 1.165) is 22.3 Å². The summed E-state index contributed by atoms with van der Waals surface area (Å²) in [4.78, 5) is 29.2. The number of amides is 1. The summed E-state index contributed by atoms with van der Waals surface area (Å²) in [5.74, 6) is 0.827. The first-order chi connectivity index (χ1) is 16.2. The maximum absolute atomic E-state index is 12.4. The molecule has 0 aliphatic carbocycles. The Labute approximate surface area is 199 Å². The molecule has 0 fully saturated rings. The number of alkyl carbamates (subject to hydrolysis) is 1. The van der Waals surface area contributed by atoms with E-state index in [4.69, 9.17) is 18.9 Å². The van der Waals surface area contributed by atoms with Gasteiger partial charge in [0.1, 0.15) is 35.3 Å². The van der Waals surface area contributed by atoms with Crippen LogP contribution in [0.25, 0.3) is 10.9 Å². The lowest BCUT2D eigenvalue weighted by Gasteiger charge is -2.23. The predicted molar refractivity (Wildman–Crippen MR) is 128 cm³/mol. The summed E-state index contributed by atoms with van der Waals surface area (Å²) in [6.07, 6.45) is 1.19. The first-order valence-corrected chi connectivity index (χ1v) is 10.9. The summed E-state index contributed by atoms with van der Waals surface area (Å²) in [7, 11) is 2.90. The number of methoxy groups -OCH3 is 2. The van der Waals surface area contributed by atoms with Crippen LogP contribution in [0.15, 0.2) is 54.7 Å². The molecule has 2 aromatic carbocycles. The van der Waals surface area contributed by atoms with Crippen LogP contribution in [0.1, 0.15) is 31.9 Å². The van der Waals surface area contributed by atoms with Crippen molar-refractivity contribution in [3.8, 4) is 11.5 Å². The molecule has 1 amide bonds. The molecule has 180 valence electrons. The molecular formula is C26H30N2O6. The fraction of sp³-hybridized carbons (Fsp3) is 0.346. The van der Waals surface area contributed by atoms with E-state index in [1.165, 1.54) is 7.11 Å². The van der Waals surface area contributed by atoms with Gasteiger partial charge in [-0.1, -0.05) is 24.3 Å². The number of nitrogens with one attached hydrogen (secondary N) is 1. The zero-order valence-electron chi connectivity index (χ0n) is 20.1. The number of rotatable bonds is 8. The highest BCUT2D eigenvalue weighted by atomic mass is 16.6. The lowest BCUT2D eigenvalue weighted by Crippen LogP contribution is -2.45. The van der Waals surface area contributed by atoms with E-state index in [1.54, 1.807) is 34.1 Å². The zero-order valence-corrected chi connectivity index (χ0v) is 20.1. The number of fused-ring (bicyclic) bond motifs is 1. The summed E-state index contributed by atoms with van der Waals surface area (Å²) >= 11 is 0. The van der Waals surface area contributed by atoms with Crippen molar-refractivity contribution in [2.75, 3.05) is 14.2 Å². The third kappa shape index (κ3) is 6.60. The van der Waals surface area contributed by atoms with Gasteiger partial charge in [-0.05, 0) is 56.2 Å². The Hall–Kier alpha value is -3.81. The molecule has 3 rings (SSSR count). The highest BCUT2D eigenvalue weighted by Gasteiger charge is 2.26. The van der Waals surface area contributed by atoms with Crippen LogP contribution >= 0.6 is 0 Å². The predicted octanol–water partition coefficient (Wildman–Crippen LogP) is 4.43. The van der Waals surface area contributed by atoms with E-state index < -0.39 is 23.7 Å². The number of hydrogen-bond donors (Lipinski definition) is 1. The molecule has 1 N–H and O–H groups in total. The van der Waals surface area contributed by atoms with Crippen LogP contribution in [0.2, 0.25) is 0 Å². The molecule has 0 saturated carbocycles. The van der Waals surface area contributed by atoms with Gasteiger partial charge in [-0.3, -0.25) is 4.98 Å². The van der Waals surface area contributed by atoms with Crippen molar-refractivity contribution in [2.45, 2.75) is 45.4 Å². The third-order valence-corrected chi connectivity index (χ3v) is 4.98. The van der Waals surface area contributed by atoms with Crippen LogP contribution in [-0.4, -0.2) is 42.9 Å². The first kappa shape index (κ1) is 24.8. The summed E-state index contributed by atoms with van der Waals surface area (Å²) in [5, 5.41) is 3.42.